The SMILES string of the molecule is CC(C)OCC(=O)NCc1cc(F)ccc1Br. The summed E-state index contributed by atoms with van der Waals surface area (Å²) in [7, 11) is 0. The molecule has 0 unspecified atom stereocenters. The van der Waals surface area contributed by atoms with Gasteiger partial charge in [-0.15, -0.1) is 0 Å². The Balaban J connectivity index is 2.44. The summed E-state index contributed by atoms with van der Waals surface area (Å²) in [6, 6.07) is 4.35. The number of rotatable bonds is 5. The Morgan fingerprint density at radius 2 is 2.24 bits per heavy atom. The third-order valence-corrected chi connectivity index (χ3v) is 2.81. The Bertz CT molecular complexity index is 396. The lowest BCUT2D eigenvalue weighted by Crippen LogP contribution is -2.28. The van der Waals surface area contributed by atoms with Crippen LogP contribution in [0.25, 0.3) is 0 Å². The molecule has 1 aromatic rings. The van der Waals surface area contributed by atoms with E-state index in [1.165, 1.54) is 12.1 Å². The lowest BCUT2D eigenvalue weighted by atomic mass is 10.2. The smallest absolute Gasteiger partial charge is 0.246 e. The molecule has 0 heterocycles. The largest absolute Gasteiger partial charge is 0.369 e. The molecule has 5 heteroatoms. The Hall–Kier alpha value is -0.940. The Morgan fingerprint density at radius 3 is 2.88 bits per heavy atom. The number of benzene rings is 1. The summed E-state index contributed by atoms with van der Waals surface area (Å²) < 4.78 is 18.9. The van der Waals surface area contributed by atoms with Crippen molar-refractivity contribution in [2.75, 3.05) is 6.61 Å². The van der Waals surface area contributed by atoms with Gasteiger partial charge in [-0.05, 0) is 37.6 Å². The summed E-state index contributed by atoms with van der Waals surface area (Å²) in [5, 5.41) is 2.66. The Morgan fingerprint density at radius 1 is 1.53 bits per heavy atom. The van der Waals surface area contributed by atoms with Crippen LogP contribution >= 0.6 is 15.9 Å². The predicted molar refractivity (Wildman–Crippen MR) is 67.0 cm³/mol. The first-order valence-electron chi connectivity index (χ1n) is 5.31. The normalized spacial score (nSPS) is 10.6. The minimum atomic E-state index is -0.323. The standard InChI is InChI=1S/C12H15BrFNO2/c1-8(2)17-7-12(16)15-6-9-5-10(14)3-4-11(9)13/h3-5,8H,6-7H2,1-2H3,(H,15,16). The maximum absolute atomic E-state index is 13.0. The monoisotopic (exact) mass is 303 g/mol. The van der Waals surface area contributed by atoms with Crippen molar-refractivity contribution in [3.8, 4) is 0 Å². The van der Waals surface area contributed by atoms with E-state index < -0.39 is 0 Å². The summed E-state index contributed by atoms with van der Waals surface area (Å²) >= 11 is 3.29. The minimum absolute atomic E-state index is 0.0154. The van der Waals surface area contributed by atoms with Crippen molar-refractivity contribution in [3.05, 3.63) is 34.1 Å². The van der Waals surface area contributed by atoms with Gasteiger partial charge in [0, 0.05) is 11.0 Å². The van der Waals surface area contributed by atoms with Gasteiger partial charge in [0.25, 0.3) is 0 Å². The Kier molecular flexibility index (Phi) is 5.58. The van der Waals surface area contributed by atoms with Gasteiger partial charge in [-0.25, -0.2) is 4.39 Å². The molecule has 1 amide bonds. The maximum Gasteiger partial charge on any atom is 0.246 e. The van der Waals surface area contributed by atoms with Crippen molar-refractivity contribution in [1.29, 1.82) is 0 Å². The average Bonchev–Trinajstić information content (AvgIpc) is 2.27. The van der Waals surface area contributed by atoms with Crippen LogP contribution in [-0.2, 0) is 16.1 Å². The molecule has 17 heavy (non-hydrogen) atoms. The molecular weight excluding hydrogens is 289 g/mol. The lowest BCUT2D eigenvalue weighted by Gasteiger charge is -2.09. The fraction of sp³-hybridized carbons (Fsp3) is 0.417. The summed E-state index contributed by atoms with van der Waals surface area (Å²) in [6.07, 6.45) is 0.0154. The number of halogens is 2. The van der Waals surface area contributed by atoms with Gasteiger partial charge < -0.3 is 10.1 Å². The van der Waals surface area contributed by atoms with Crippen LogP contribution in [0.1, 0.15) is 19.4 Å². The van der Waals surface area contributed by atoms with E-state index in [0.717, 1.165) is 4.47 Å². The van der Waals surface area contributed by atoms with Crippen LogP contribution in [0, 0.1) is 5.82 Å². The number of amides is 1. The van der Waals surface area contributed by atoms with Gasteiger partial charge in [0.2, 0.25) is 5.91 Å². The summed E-state index contributed by atoms with van der Waals surface area (Å²) in [5.74, 6) is -0.536. The molecule has 0 fully saturated rings. The number of nitrogens with one attached hydrogen (secondary N) is 1. The highest BCUT2D eigenvalue weighted by Crippen LogP contribution is 2.17. The molecular formula is C12H15BrFNO2. The van der Waals surface area contributed by atoms with Crippen LogP contribution in [-0.4, -0.2) is 18.6 Å². The van der Waals surface area contributed by atoms with Crippen molar-refractivity contribution in [2.24, 2.45) is 0 Å². The molecule has 0 saturated carbocycles. The quantitative estimate of drug-likeness (QED) is 0.908. The zero-order valence-corrected chi connectivity index (χ0v) is 11.4. The van der Waals surface area contributed by atoms with Gasteiger partial charge in [0.05, 0.1) is 6.10 Å². The second kappa shape index (κ2) is 6.71. The van der Waals surface area contributed by atoms with Crippen molar-refractivity contribution in [2.45, 2.75) is 26.5 Å². The van der Waals surface area contributed by atoms with Crippen LogP contribution in [0.3, 0.4) is 0 Å². The van der Waals surface area contributed by atoms with Gasteiger partial charge in [-0.2, -0.15) is 0 Å². The lowest BCUT2D eigenvalue weighted by molar-refractivity contribution is -0.127. The van der Waals surface area contributed by atoms with Crippen LogP contribution in [0.2, 0.25) is 0 Å². The summed E-state index contributed by atoms with van der Waals surface area (Å²) in [4.78, 5) is 11.4. The van der Waals surface area contributed by atoms with Gasteiger partial charge in [0.1, 0.15) is 12.4 Å². The third-order valence-electron chi connectivity index (χ3n) is 2.03. The van der Waals surface area contributed by atoms with E-state index >= 15 is 0 Å². The van der Waals surface area contributed by atoms with E-state index in [1.54, 1.807) is 6.07 Å². The number of hydrogen-bond donors (Lipinski definition) is 1. The molecule has 94 valence electrons. The number of ether oxygens (including phenoxy) is 1. The molecule has 0 spiro atoms. The molecule has 0 atom stereocenters. The molecule has 0 bridgehead atoms. The second-order valence-electron chi connectivity index (χ2n) is 3.87. The number of hydrogen-bond acceptors (Lipinski definition) is 2. The van der Waals surface area contributed by atoms with Crippen LogP contribution < -0.4 is 5.32 Å². The van der Waals surface area contributed by atoms with Crippen molar-refractivity contribution in [1.82, 2.24) is 5.32 Å². The average molecular weight is 304 g/mol. The van der Waals surface area contributed by atoms with E-state index in [0.29, 0.717) is 5.56 Å². The van der Waals surface area contributed by atoms with E-state index in [2.05, 4.69) is 21.2 Å². The number of carbonyl (C=O) groups excluding carboxylic acids is 1. The molecule has 3 nitrogen and oxygen atoms in total. The third kappa shape index (κ3) is 5.28. The van der Waals surface area contributed by atoms with Crippen LogP contribution in [0.5, 0.6) is 0 Å². The van der Waals surface area contributed by atoms with Gasteiger partial charge in [-0.1, -0.05) is 15.9 Å². The van der Waals surface area contributed by atoms with Crippen LogP contribution in [0.15, 0.2) is 22.7 Å². The molecule has 0 aliphatic rings. The van der Waals surface area contributed by atoms with Gasteiger partial charge >= 0.3 is 0 Å². The molecule has 0 saturated heterocycles. The van der Waals surface area contributed by atoms with E-state index in [-0.39, 0.29) is 31.0 Å². The van der Waals surface area contributed by atoms with E-state index in [1.807, 2.05) is 13.8 Å². The predicted octanol–water partition coefficient (Wildman–Crippen LogP) is 2.63. The van der Waals surface area contributed by atoms with Gasteiger partial charge in [0.15, 0.2) is 0 Å². The summed E-state index contributed by atoms with van der Waals surface area (Å²) in [5.41, 5.74) is 0.697. The zero-order chi connectivity index (χ0) is 12.8. The van der Waals surface area contributed by atoms with E-state index in [9.17, 15) is 9.18 Å². The van der Waals surface area contributed by atoms with Crippen LogP contribution in [0.4, 0.5) is 4.39 Å². The highest BCUT2D eigenvalue weighted by molar-refractivity contribution is 9.10. The molecule has 0 aliphatic carbocycles. The first-order chi connectivity index (χ1) is 7.99. The van der Waals surface area contributed by atoms with E-state index in [4.69, 9.17) is 4.74 Å². The number of carbonyl (C=O) groups is 1. The van der Waals surface area contributed by atoms with Crippen molar-refractivity contribution < 1.29 is 13.9 Å². The maximum atomic E-state index is 13.0. The molecule has 1 rings (SSSR count). The molecule has 1 aromatic carbocycles. The molecule has 1 N–H and O–H groups in total. The second-order valence-corrected chi connectivity index (χ2v) is 4.73. The first kappa shape index (κ1) is 14.1. The van der Waals surface area contributed by atoms with Crippen molar-refractivity contribution in [3.63, 3.8) is 0 Å². The van der Waals surface area contributed by atoms with Crippen molar-refractivity contribution >= 4 is 21.8 Å². The fourth-order valence-electron chi connectivity index (χ4n) is 1.17. The van der Waals surface area contributed by atoms with Gasteiger partial charge in [-0.3, -0.25) is 4.79 Å². The first-order valence-corrected chi connectivity index (χ1v) is 6.10. The topological polar surface area (TPSA) is 38.3 Å². The minimum Gasteiger partial charge on any atom is -0.369 e. The highest BCUT2D eigenvalue weighted by Gasteiger charge is 2.06. The molecule has 0 aliphatic heterocycles. The zero-order valence-electron chi connectivity index (χ0n) is 9.80. The summed E-state index contributed by atoms with van der Waals surface area (Å²) in [6.45, 7) is 4.01. The Labute approximate surface area is 108 Å². The molecule has 0 aromatic heterocycles. The highest BCUT2D eigenvalue weighted by atomic mass is 79.9. The fourth-order valence-corrected chi connectivity index (χ4v) is 1.55. The molecule has 0 radical (unpaired) electrons.